The zero-order chi connectivity index (χ0) is 17.4. The third-order valence-electron chi connectivity index (χ3n) is 4.27. The quantitative estimate of drug-likeness (QED) is 0.379. The maximum Gasteiger partial charge on any atom is 0.176 e. The van der Waals surface area contributed by atoms with Crippen LogP contribution in [-0.4, -0.2) is 28.6 Å². The lowest BCUT2D eigenvalue weighted by Gasteiger charge is -2.08. The molecule has 1 aliphatic carbocycles. The Bertz CT molecular complexity index is 971. The molecule has 0 saturated carbocycles. The molecular formula is C18H15FN2O2S2. The maximum atomic E-state index is 13.5. The van der Waals surface area contributed by atoms with E-state index < -0.39 is 5.82 Å². The second-order valence-corrected chi connectivity index (χ2v) is 7.82. The summed E-state index contributed by atoms with van der Waals surface area (Å²) in [5.41, 5.74) is 1.59. The zero-order valence-corrected chi connectivity index (χ0v) is 15.2. The van der Waals surface area contributed by atoms with Gasteiger partial charge in [0, 0.05) is 10.3 Å². The number of carbonyl (C=O) groups excluding carboxylic acids is 1. The first kappa shape index (κ1) is 16.5. The van der Waals surface area contributed by atoms with Crippen LogP contribution in [0.25, 0.3) is 10.2 Å². The average Bonchev–Trinajstić information content (AvgIpc) is 3.20. The van der Waals surface area contributed by atoms with E-state index in [2.05, 4.69) is 9.97 Å². The SMILES string of the molecule is COc1ccc(F)cc1C(=O)CSc1ncnc2sc3c(c12)CCC3. The first-order valence-electron chi connectivity index (χ1n) is 7.92. The van der Waals surface area contributed by atoms with Gasteiger partial charge in [0.05, 0.1) is 18.4 Å². The third-order valence-corrected chi connectivity index (χ3v) is 6.46. The molecule has 1 aliphatic rings. The number of ether oxygens (including phenoxy) is 1. The molecule has 0 saturated heterocycles. The number of aryl methyl sites for hydroxylation is 2. The number of nitrogens with zero attached hydrogens (tertiary/aromatic N) is 2. The van der Waals surface area contributed by atoms with E-state index in [1.165, 1.54) is 47.5 Å². The molecule has 2 heterocycles. The summed E-state index contributed by atoms with van der Waals surface area (Å²) in [5, 5.41) is 1.91. The van der Waals surface area contributed by atoms with Crippen molar-refractivity contribution in [2.45, 2.75) is 24.3 Å². The molecule has 4 nitrogen and oxygen atoms in total. The van der Waals surface area contributed by atoms with Crippen molar-refractivity contribution in [1.82, 2.24) is 9.97 Å². The molecule has 7 heteroatoms. The van der Waals surface area contributed by atoms with Crippen molar-refractivity contribution in [3.8, 4) is 5.75 Å². The van der Waals surface area contributed by atoms with Gasteiger partial charge < -0.3 is 4.74 Å². The van der Waals surface area contributed by atoms with Crippen LogP contribution in [0.4, 0.5) is 4.39 Å². The number of methoxy groups -OCH3 is 1. The van der Waals surface area contributed by atoms with Crippen molar-refractivity contribution in [2.75, 3.05) is 12.9 Å². The zero-order valence-electron chi connectivity index (χ0n) is 13.5. The van der Waals surface area contributed by atoms with Crippen molar-refractivity contribution in [3.63, 3.8) is 0 Å². The Hall–Kier alpha value is -1.99. The Morgan fingerprint density at radius 1 is 1.36 bits per heavy atom. The normalized spacial score (nSPS) is 13.2. The summed E-state index contributed by atoms with van der Waals surface area (Å²) in [6.45, 7) is 0. The minimum atomic E-state index is -0.450. The van der Waals surface area contributed by atoms with Crippen molar-refractivity contribution in [1.29, 1.82) is 0 Å². The Balaban J connectivity index is 1.61. The predicted octanol–water partition coefficient (Wildman–Crippen LogP) is 4.30. The second kappa shape index (κ2) is 6.72. The summed E-state index contributed by atoms with van der Waals surface area (Å²) in [6, 6.07) is 3.98. The van der Waals surface area contributed by atoms with Crippen molar-refractivity contribution in [2.24, 2.45) is 0 Å². The summed E-state index contributed by atoms with van der Waals surface area (Å²) in [5.74, 6) is -0.0678. The summed E-state index contributed by atoms with van der Waals surface area (Å²) in [7, 11) is 1.47. The van der Waals surface area contributed by atoms with Crippen LogP contribution in [0.3, 0.4) is 0 Å². The molecule has 128 valence electrons. The van der Waals surface area contributed by atoms with Gasteiger partial charge >= 0.3 is 0 Å². The molecule has 0 spiro atoms. The number of thioether (sulfide) groups is 1. The Morgan fingerprint density at radius 2 is 2.24 bits per heavy atom. The summed E-state index contributed by atoms with van der Waals surface area (Å²) in [4.78, 5) is 23.7. The van der Waals surface area contributed by atoms with Gasteiger partial charge in [0.15, 0.2) is 5.78 Å². The summed E-state index contributed by atoms with van der Waals surface area (Å²) in [6.07, 6.45) is 4.85. The van der Waals surface area contributed by atoms with Crippen LogP contribution in [-0.2, 0) is 12.8 Å². The number of benzene rings is 1. The molecule has 25 heavy (non-hydrogen) atoms. The Morgan fingerprint density at radius 3 is 3.08 bits per heavy atom. The minimum Gasteiger partial charge on any atom is -0.496 e. The van der Waals surface area contributed by atoms with Crippen LogP contribution >= 0.6 is 23.1 Å². The van der Waals surface area contributed by atoms with Gasteiger partial charge in [0.2, 0.25) is 0 Å². The highest BCUT2D eigenvalue weighted by molar-refractivity contribution is 8.00. The molecule has 3 aromatic rings. The number of rotatable bonds is 5. The molecule has 0 aliphatic heterocycles. The van der Waals surface area contributed by atoms with E-state index in [1.54, 1.807) is 17.7 Å². The smallest absolute Gasteiger partial charge is 0.176 e. The number of fused-ring (bicyclic) bond motifs is 3. The number of hydrogen-bond acceptors (Lipinski definition) is 6. The van der Waals surface area contributed by atoms with E-state index in [0.29, 0.717) is 5.75 Å². The van der Waals surface area contributed by atoms with Crippen molar-refractivity contribution >= 4 is 39.1 Å². The number of hydrogen-bond donors (Lipinski definition) is 0. The largest absolute Gasteiger partial charge is 0.496 e. The van der Waals surface area contributed by atoms with Gasteiger partial charge in [0.1, 0.15) is 27.8 Å². The lowest BCUT2D eigenvalue weighted by molar-refractivity contribution is 0.101. The monoisotopic (exact) mass is 374 g/mol. The van der Waals surface area contributed by atoms with Gasteiger partial charge in [-0.15, -0.1) is 11.3 Å². The number of Topliss-reactive ketones (excluding diaryl/α,β-unsaturated/α-hetero) is 1. The van der Waals surface area contributed by atoms with Crippen molar-refractivity contribution < 1.29 is 13.9 Å². The highest BCUT2D eigenvalue weighted by Gasteiger charge is 2.22. The fourth-order valence-corrected chi connectivity index (χ4v) is 5.32. The Kier molecular flexibility index (Phi) is 4.43. The number of ketones is 1. The minimum absolute atomic E-state index is 0.177. The molecule has 0 N–H and O–H groups in total. The maximum absolute atomic E-state index is 13.5. The molecule has 4 rings (SSSR count). The predicted molar refractivity (Wildman–Crippen MR) is 97.4 cm³/mol. The lowest BCUT2D eigenvalue weighted by Crippen LogP contribution is -2.06. The van der Waals surface area contributed by atoms with Crippen LogP contribution in [0.15, 0.2) is 29.6 Å². The number of thiophene rings is 1. The van der Waals surface area contributed by atoms with Gasteiger partial charge in [-0.3, -0.25) is 4.79 Å². The van der Waals surface area contributed by atoms with Crippen LogP contribution in [0.1, 0.15) is 27.2 Å². The van der Waals surface area contributed by atoms with Crippen LogP contribution in [0, 0.1) is 5.82 Å². The molecule has 0 fully saturated rings. The van der Waals surface area contributed by atoms with Gasteiger partial charge in [0.25, 0.3) is 0 Å². The van der Waals surface area contributed by atoms with E-state index >= 15 is 0 Å². The third kappa shape index (κ3) is 3.02. The number of halogens is 1. The van der Waals surface area contributed by atoms with Gasteiger partial charge in [-0.2, -0.15) is 0 Å². The van der Waals surface area contributed by atoms with Crippen LogP contribution in [0.5, 0.6) is 5.75 Å². The topological polar surface area (TPSA) is 52.1 Å². The fraction of sp³-hybridized carbons (Fsp3) is 0.278. The molecule has 1 aromatic carbocycles. The van der Waals surface area contributed by atoms with Gasteiger partial charge in [-0.1, -0.05) is 11.8 Å². The van der Waals surface area contributed by atoms with Crippen LogP contribution in [0.2, 0.25) is 0 Å². The first-order chi connectivity index (χ1) is 12.2. The molecule has 0 amide bonds. The summed E-state index contributed by atoms with van der Waals surface area (Å²) < 4.78 is 18.7. The fourth-order valence-electron chi connectivity index (χ4n) is 3.12. The van der Waals surface area contributed by atoms with E-state index in [-0.39, 0.29) is 17.1 Å². The van der Waals surface area contributed by atoms with Crippen LogP contribution < -0.4 is 4.74 Å². The average molecular weight is 374 g/mol. The van der Waals surface area contributed by atoms with E-state index in [0.717, 1.165) is 34.5 Å². The number of aromatic nitrogens is 2. The Labute approximate surface area is 152 Å². The molecule has 0 atom stereocenters. The van der Waals surface area contributed by atoms with Gasteiger partial charge in [-0.05, 0) is 43.0 Å². The first-order valence-corrected chi connectivity index (χ1v) is 9.72. The standard InChI is InChI=1S/C18H15FN2O2S2/c1-23-14-6-5-10(19)7-12(14)13(22)8-24-17-16-11-3-2-4-15(11)25-18(16)21-9-20-17/h5-7,9H,2-4,8H2,1H3. The highest BCUT2D eigenvalue weighted by Crippen LogP contribution is 2.40. The molecule has 0 unspecified atom stereocenters. The lowest BCUT2D eigenvalue weighted by atomic mass is 10.1. The van der Waals surface area contributed by atoms with Crippen molar-refractivity contribution in [3.05, 3.63) is 46.3 Å². The molecule has 0 radical (unpaired) electrons. The second-order valence-electron chi connectivity index (χ2n) is 5.77. The highest BCUT2D eigenvalue weighted by atomic mass is 32.2. The molecular weight excluding hydrogens is 359 g/mol. The number of carbonyl (C=O) groups is 1. The van der Waals surface area contributed by atoms with E-state index in [1.807, 2.05) is 0 Å². The van der Waals surface area contributed by atoms with E-state index in [4.69, 9.17) is 4.74 Å². The van der Waals surface area contributed by atoms with E-state index in [9.17, 15) is 9.18 Å². The van der Waals surface area contributed by atoms with Gasteiger partial charge in [-0.25, -0.2) is 14.4 Å². The molecule has 2 aromatic heterocycles. The molecule has 0 bridgehead atoms. The summed E-state index contributed by atoms with van der Waals surface area (Å²) >= 11 is 3.10.